The van der Waals surface area contributed by atoms with Gasteiger partial charge in [-0.2, -0.15) is 5.26 Å². The van der Waals surface area contributed by atoms with Gasteiger partial charge in [0, 0.05) is 42.9 Å². The molecule has 1 aromatic heterocycles. The number of nitriles is 1. The second-order valence-electron chi connectivity index (χ2n) is 7.94. The summed E-state index contributed by atoms with van der Waals surface area (Å²) in [6.45, 7) is 2.09. The SMILES string of the molecule is COc1ccccc1-c1c(C#N)c(SCC(=O)NCc2ccccc2)nc2c1CN(C)CC2. The summed E-state index contributed by atoms with van der Waals surface area (Å²) in [7, 11) is 3.71. The first-order chi connectivity index (χ1) is 16.1. The van der Waals surface area contributed by atoms with Crippen molar-refractivity contribution in [3.8, 4) is 22.9 Å². The molecule has 4 rings (SSSR count). The summed E-state index contributed by atoms with van der Waals surface area (Å²) in [6, 6.07) is 19.9. The van der Waals surface area contributed by atoms with Crippen LogP contribution in [0, 0.1) is 11.3 Å². The first-order valence-electron chi connectivity index (χ1n) is 10.8. The molecule has 33 heavy (non-hydrogen) atoms. The molecule has 1 N–H and O–H groups in total. The smallest absolute Gasteiger partial charge is 0.230 e. The number of thioether (sulfide) groups is 1. The molecular weight excluding hydrogens is 432 g/mol. The summed E-state index contributed by atoms with van der Waals surface area (Å²) in [5.74, 6) is 0.816. The molecule has 7 heteroatoms. The van der Waals surface area contributed by atoms with E-state index in [-0.39, 0.29) is 11.7 Å². The van der Waals surface area contributed by atoms with Gasteiger partial charge in [0.25, 0.3) is 0 Å². The molecule has 0 atom stereocenters. The van der Waals surface area contributed by atoms with E-state index >= 15 is 0 Å². The zero-order valence-electron chi connectivity index (χ0n) is 18.8. The molecule has 0 saturated carbocycles. The van der Waals surface area contributed by atoms with E-state index < -0.39 is 0 Å². The topological polar surface area (TPSA) is 78.2 Å². The highest BCUT2D eigenvalue weighted by molar-refractivity contribution is 8.00. The second-order valence-corrected chi connectivity index (χ2v) is 8.91. The van der Waals surface area contributed by atoms with E-state index in [1.54, 1.807) is 7.11 Å². The molecule has 6 nitrogen and oxygen atoms in total. The lowest BCUT2D eigenvalue weighted by molar-refractivity contribution is -0.118. The van der Waals surface area contributed by atoms with Gasteiger partial charge in [0.05, 0.1) is 18.4 Å². The Bertz CT molecular complexity index is 1190. The van der Waals surface area contributed by atoms with Crippen LogP contribution in [0.15, 0.2) is 59.6 Å². The van der Waals surface area contributed by atoms with E-state index in [0.29, 0.717) is 29.4 Å². The van der Waals surface area contributed by atoms with Crippen molar-refractivity contribution >= 4 is 17.7 Å². The Morgan fingerprint density at radius 1 is 1.21 bits per heavy atom. The number of rotatable bonds is 7. The van der Waals surface area contributed by atoms with Crippen molar-refractivity contribution in [2.45, 2.75) is 24.5 Å². The zero-order chi connectivity index (χ0) is 23.2. The van der Waals surface area contributed by atoms with Gasteiger partial charge >= 0.3 is 0 Å². The normalized spacial score (nSPS) is 13.1. The standard InChI is InChI=1S/C26H26N4O2S/c1-30-13-12-22-21(16-30)25(19-10-6-7-11-23(19)32-2)20(14-27)26(29-22)33-17-24(31)28-15-18-8-4-3-5-9-18/h3-11H,12-13,15-17H2,1-2H3,(H,28,31). The van der Waals surface area contributed by atoms with E-state index in [0.717, 1.165) is 40.9 Å². The number of para-hydroxylation sites is 1. The molecule has 168 valence electrons. The van der Waals surface area contributed by atoms with Crippen molar-refractivity contribution < 1.29 is 9.53 Å². The van der Waals surface area contributed by atoms with Crippen LogP contribution in [0.1, 0.15) is 22.4 Å². The predicted octanol–water partition coefficient (Wildman–Crippen LogP) is 4.03. The maximum Gasteiger partial charge on any atom is 0.230 e. The molecule has 2 aromatic carbocycles. The van der Waals surface area contributed by atoms with Crippen LogP contribution >= 0.6 is 11.8 Å². The number of nitrogens with zero attached hydrogens (tertiary/aromatic N) is 3. The van der Waals surface area contributed by atoms with Gasteiger partial charge in [-0.3, -0.25) is 4.79 Å². The number of pyridine rings is 1. The molecule has 0 radical (unpaired) electrons. The largest absolute Gasteiger partial charge is 0.496 e. The number of benzene rings is 2. The van der Waals surface area contributed by atoms with E-state index in [4.69, 9.17) is 9.72 Å². The number of hydrogen-bond acceptors (Lipinski definition) is 6. The quantitative estimate of drug-likeness (QED) is 0.539. The van der Waals surface area contributed by atoms with Crippen LogP contribution in [-0.4, -0.2) is 42.2 Å². The van der Waals surface area contributed by atoms with Crippen LogP contribution in [-0.2, 0) is 24.3 Å². The molecule has 1 aliphatic rings. The van der Waals surface area contributed by atoms with Crippen molar-refractivity contribution in [3.63, 3.8) is 0 Å². The fourth-order valence-electron chi connectivity index (χ4n) is 4.01. The lowest BCUT2D eigenvalue weighted by atomic mass is 9.91. The summed E-state index contributed by atoms with van der Waals surface area (Å²) in [5.41, 5.74) is 5.32. The Labute approximate surface area is 198 Å². The van der Waals surface area contributed by atoms with E-state index in [2.05, 4.69) is 23.3 Å². The van der Waals surface area contributed by atoms with Crippen molar-refractivity contribution in [2.75, 3.05) is 26.5 Å². The highest BCUT2D eigenvalue weighted by Crippen LogP contribution is 2.40. The number of nitrogens with one attached hydrogen (secondary N) is 1. The van der Waals surface area contributed by atoms with Crippen LogP contribution in [0.2, 0.25) is 0 Å². The average molecular weight is 459 g/mol. The maximum atomic E-state index is 12.5. The maximum absolute atomic E-state index is 12.5. The van der Waals surface area contributed by atoms with Gasteiger partial charge < -0.3 is 15.0 Å². The van der Waals surface area contributed by atoms with Crippen LogP contribution < -0.4 is 10.1 Å². The number of carbonyl (C=O) groups is 1. The summed E-state index contributed by atoms with van der Waals surface area (Å²) in [4.78, 5) is 19.6. The predicted molar refractivity (Wildman–Crippen MR) is 130 cm³/mol. The first kappa shape index (κ1) is 22.8. The summed E-state index contributed by atoms with van der Waals surface area (Å²) < 4.78 is 5.61. The minimum absolute atomic E-state index is 0.0918. The lowest BCUT2D eigenvalue weighted by Crippen LogP contribution is -2.28. The number of carbonyl (C=O) groups excluding carboxylic acids is 1. The summed E-state index contributed by atoms with van der Waals surface area (Å²) in [6.07, 6.45) is 0.799. The van der Waals surface area contributed by atoms with Gasteiger partial charge in [-0.1, -0.05) is 60.3 Å². The number of likely N-dealkylation sites (N-methyl/N-ethyl adjacent to an activating group) is 1. The molecule has 2 heterocycles. The zero-order valence-corrected chi connectivity index (χ0v) is 19.6. The second kappa shape index (κ2) is 10.5. The van der Waals surface area contributed by atoms with Crippen molar-refractivity contribution in [1.29, 1.82) is 5.26 Å². The van der Waals surface area contributed by atoms with Gasteiger partial charge in [-0.15, -0.1) is 0 Å². The number of amides is 1. The summed E-state index contributed by atoms with van der Waals surface area (Å²) >= 11 is 1.31. The van der Waals surface area contributed by atoms with Crippen LogP contribution in [0.25, 0.3) is 11.1 Å². The van der Waals surface area contributed by atoms with Gasteiger partial charge in [-0.05, 0) is 24.2 Å². The number of hydrogen-bond donors (Lipinski definition) is 1. The van der Waals surface area contributed by atoms with Gasteiger partial charge in [-0.25, -0.2) is 4.98 Å². The molecule has 0 saturated heterocycles. The fraction of sp³-hybridized carbons (Fsp3) is 0.269. The Hall–Kier alpha value is -3.34. The van der Waals surface area contributed by atoms with Gasteiger partial charge in [0.1, 0.15) is 16.8 Å². The minimum Gasteiger partial charge on any atom is -0.496 e. The van der Waals surface area contributed by atoms with Crippen molar-refractivity contribution in [3.05, 3.63) is 77.0 Å². The number of ether oxygens (including phenoxy) is 1. The first-order valence-corrected chi connectivity index (χ1v) is 11.8. The van der Waals surface area contributed by atoms with Gasteiger partial charge in [0.2, 0.25) is 5.91 Å². The number of fused-ring (bicyclic) bond motifs is 1. The minimum atomic E-state index is -0.0918. The molecule has 0 aliphatic carbocycles. The lowest BCUT2D eigenvalue weighted by Gasteiger charge is -2.28. The van der Waals surface area contributed by atoms with Crippen LogP contribution in [0.4, 0.5) is 0 Å². The molecule has 0 spiro atoms. The van der Waals surface area contributed by atoms with E-state index in [1.807, 2.05) is 54.6 Å². The van der Waals surface area contributed by atoms with Crippen molar-refractivity contribution in [1.82, 2.24) is 15.2 Å². The van der Waals surface area contributed by atoms with Gasteiger partial charge in [0.15, 0.2) is 0 Å². The van der Waals surface area contributed by atoms with Crippen molar-refractivity contribution in [2.24, 2.45) is 0 Å². The van der Waals surface area contributed by atoms with Crippen LogP contribution in [0.5, 0.6) is 5.75 Å². The molecule has 0 unspecified atom stereocenters. The molecule has 0 bridgehead atoms. The third-order valence-corrected chi connectivity index (χ3v) is 6.64. The highest BCUT2D eigenvalue weighted by Gasteiger charge is 2.26. The van der Waals surface area contributed by atoms with E-state index in [9.17, 15) is 10.1 Å². The van der Waals surface area contributed by atoms with E-state index in [1.165, 1.54) is 11.8 Å². The van der Waals surface area contributed by atoms with Crippen LogP contribution in [0.3, 0.4) is 0 Å². The summed E-state index contributed by atoms with van der Waals surface area (Å²) in [5, 5.41) is 13.7. The third kappa shape index (κ3) is 5.19. The molecule has 3 aromatic rings. The monoisotopic (exact) mass is 458 g/mol. The molecule has 1 aliphatic heterocycles. The molecule has 0 fully saturated rings. The number of aromatic nitrogens is 1. The Balaban J connectivity index is 1.65. The molecular formula is C26H26N4O2S. The number of methoxy groups -OCH3 is 1. The third-order valence-electron chi connectivity index (χ3n) is 5.67. The fourth-order valence-corrected chi connectivity index (χ4v) is 4.85. The highest BCUT2D eigenvalue weighted by atomic mass is 32.2. The Morgan fingerprint density at radius 2 is 1.97 bits per heavy atom. The molecule has 1 amide bonds. The Morgan fingerprint density at radius 3 is 2.73 bits per heavy atom. The average Bonchev–Trinajstić information content (AvgIpc) is 2.86. The Kier molecular flexibility index (Phi) is 7.28.